The van der Waals surface area contributed by atoms with Crippen LogP contribution in [0.1, 0.15) is 5.56 Å². The fourth-order valence-corrected chi connectivity index (χ4v) is 1.57. The third-order valence-corrected chi connectivity index (χ3v) is 2.44. The molecule has 0 aliphatic carbocycles. The van der Waals surface area contributed by atoms with Crippen LogP contribution in [0.2, 0.25) is 0 Å². The Hall–Kier alpha value is -2.34. The Bertz CT molecular complexity index is 587. The zero-order valence-electron chi connectivity index (χ0n) is 9.27. The SMILES string of the molecule is C#Cc1ccncc1-c1cc(OC)ccc1F. The van der Waals surface area contributed by atoms with Crippen molar-refractivity contribution in [3.8, 4) is 29.2 Å². The summed E-state index contributed by atoms with van der Waals surface area (Å²) in [5, 5.41) is 0. The Morgan fingerprint density at radius 2 is 2.12 bits per heavy atom. The molecule has 1 aromatic heterocycles. The molecule has 0 aliphatic rings. The molecule has 0 spiro atoms. The van der Waals surface area contributed by atoms with Crippen LogP contribution >= 0.6 is 0 Å². The molecule has 2 aromatic rings. The van der Waals surface area contributed by atoms with Crippen LogP contribution in [-0.2, 0) is 0 Å². The number of nitrogens with zero attached hydrogens (tertiary/aromatic N) is 1. The molecule has 84 valence electrons. The summed E-state index contributed by atoms with van der Waals surface area (Å²) in [6.07, 6.45) is 8.51. The van der Waals surface area contributed by atoms with E-state index >= 15 is 0 Å². The number of ether oxygens (including phenoxy) is 1. The molecule has 0 radical (unpaired) electrons. The largest absolute Gasteiger partial charge is 0.497 e. The average molecular weight is 227 g/mol. The number of methoxy groups -OCH3 is 1. The number of terminal acetylenes is 1. The van der Waals surface area contributed by atoms with Crippen LogP contribution in [0.3, 0.4) is 0 Å². The zero-order chi connectivity index (χ0) is 12.3. The third kappa shape index (κ3) is 2.11. The van der Waals surface area contributed by atoms with E-state index < -0.39 is 0 Å². The molecule has 1 aromatic carbocycles. The lowest BCUT2D eigenvalue weighted by molar-refractivity contribution is 0.414. The normalized spacial score (nSPS) is 9.71. The van der Waals surface area contributed by atoms with E-state index in [1.165, 1.54) is 13.2 Å². The first kappa shape index (κ1) is 11.2. The zero-order valence-corrected chi connectivity index (χ0v) is 9.27. The summed E-state index contributed by atoms with van der Waals surface area (Å²) in [5.41, 5.74) is 1.59. The lowest BCUT2D eigenvalue weighted by Gasteiger charge is -2.07. The fraction of sp³-hybridized carbons (Fsp3) is 0.0714. The molecule has 0 aliphatic heterocycles. The predicted octanol–water partition coefficient (Wildman–Crippen LogP) is 2.88. The summed E-state index contributed by atoms with van der Waals surface area (Å²) in [4.78, 5) is 3.96. The molecule has 2 nitrogen and oxygen atoms in total. The van der Waals surface area contributed by atoms with E-state index in [1.54, 1.807) is 30.6 Å². The fourth-order valence-electron chi connectivity index (χ4n) is 1.57. The quantitative estimate of drug-likeness (QED) is 0.736. The van der Waals surface area contributed by atoms with Crippen molar-refractivity contribution in [2.24, 2.45) is 0 Å². The highest BCUT2D eigenvalue weighted by Crippen LogP contribution is 2.28. The summed E-state index contributed by atoms with van der Waals surface area (Å²) in [6, 6.07) is 6.19. The number of rotatable bonds is 2. The summed E-state index contributed by atoms with van der Waals surface area (Å²) in [7, 11) is 1.53. The maximum absolute atomic E-state index is 13.8. The van der Waals surface area contributed by atoms with Gasteiger partial charge in [0, 0.05) is 29.1 Å². The highest BCUT2D eigenvalue weighted by Gasteiger charge is 2.10. The minimum atomic E-state index is -0.352. The van der Waals surface area contributed by atoms with Crippen molar-refractivity contribution < 1.29 is 9.13 Å². The minimum Gasteiger partial charge on any atom is -0.497 e. The lowest BCUT2D eigenvalue weighted by atomic mass is 10.0. The number of benzene rings is 1. The van der Waals surface area contributed by atoms with Crippen LogP contribution in [0.25, 0.3) is 11.1 Å². The number of hydrogen-bond acceptors (Lipinski definition) is 2. The molecule has 0 atom stereocenters. The summed E-state index contributed by atoms with van der Waals surface area (Å²) in [6.45, 7) is 0. The van der Waals surface area contributed by atoms with Crippen LogP contribution in [-0.4, -0.2) is 12.1 Å². The molecule has 3 heteroatoms. The second-order valence-electron chi connectivity index (χ2n) is 3.41. The Balaban J connectivity index is 2.64. The van der Waals surface area contributed by atoms with Gasteiger partial charge < -0.3 is 4.74 Å². The molecule has 0 unspecified atom stereocenters. The molecule has 1 heterocycles. The molecule has 0 bridgehead atoms. The number of aromatic nitrogens is 1. The maximum atomic E-state index is 13.8. The van der Waals surface area contributed by atoms with Gasteiger partial charge in [-0.15, -0.1) is 6.42 Å². The molecular weight excluding hydrogens is 217 g/mol. The van der Waals surface area contributed by atoms with Gasteiger partial charge in [0.25, 0.3) is 0 Å². The molecule has 0 saturated carbocycles. The maximum Gasteiger partial charge on any atom is 0.131 e. The Labute approximate surface area is 99.1 Å². The van der Waals surface area contributed by atoms with Crippen molar-refractivity contribution in [3.05, 3.63) is 48.0 Å². The van der Waals surface area contributed by atoms with Gasteiger partial charge in [-0.25, -0.2) is 4.39 Å². The van der Waals surface area contributed by atoms with Crippen LogP contribution in [0.5, 0.6) is 5.75 Å². The van der Waals surface area contributed by atoms with E-state index in [0.29, 0.717) is 22.4 Å². The highest BCUT2D eigenvalue weighted by atomic mass is 19.1. The minimum absolute atomic E-state index is 0.352. The number of pyridine rings is 1. The van der Waals surface area contributed by atoms with E-state index in [9.17, 15) is 4.39 Å². The first-order valence-corrected chi connectivity index (χ1v) is 5.01. The standard InChI is InChI=1S/C14H10FNO/c1-3-10-6-7-16-9-13(10)12-8-11(17-2)4-5-14(12)15/h1,4-9H,2H3. The average Bonchev–Trinajstić information content (AvgIpc) is 2.39. The van der Waals surface area contributed by atoms with Crippen molar-refractivity contribution in [1.82, 2.24) is 4.98 Å². The molecule has 17 heavy (non-hydrogen) atoms. The molecule has 0 saturated heterocycles. The second-order valence-corrected chi connectivity index (χ2v) is 3.41. The van der Waals surface area contributed by atoms with E-state index in [2.05, 4.69) is 10.9 Å². The van der Waals surface area contributed by atoms with Gasteiger partial charge in [-0.05, 0) is 24.3 Å². The summed E-state index contributed by atoms with van der Waals surface area (Å²) in [5.74, 6) is 2.74. The smallest absolute Gasteiger partial charge is 0.131 e. The first-order chi connectivity index (χ1) is 8.26. The van der Waals surface area contributed by atoms with Crippen molar-refractivity contribution in [2.45, 2.75) is 0 Å². The summed E-state index contributed by atoms with van der Waals surface area (Å²) >= 11 is 0. The lowest BCUT2D eigenvalue weighted by Crippen LogP contribution is -1.91. The first-order valence-electron chi connectivity index (χ1n) is 5.01. The predicted molar refractivity (Wildman–Crippen MR) is 64.1 cm³/mol. The molecular formula is C14H10FNO. The molecule has 2 rings (SSSR count). The van der Waals surface area contributed by atoms with Crippen LogP contribution in [0.15, 0.2) is 36.7 Å². The van der Waals surface area contributed by atoms with E-state index in [4.69, 9.17) is 11.2 Å². The van der Waals surface area contributed by atoms with E-state index in [0.717, 1.165) is 0 Å². The molecule has 0 N–H and O–H groups in total. The molecule has 0 fully saturated rings. The third-order valence-electron chi connectivity index (χ3n) is 2.44. The van der Waals surface area contributed by atoms with Gasteiger partial charge in [0.2, 0.25) is 0 Å². The molecule has 0 amide bonds. The van der Waals surface area contributed by atoms with Crippen molar-refractivity contribution in [3.63, 3.8) is 0 Å². The van der Waals surface area contributed by atoms with Gasteiger partial charge in [0.1, 0.15) is 11.6 Å². The van der Waals surface area contributed by atoms with Crippen LogP contribution < -0.4 is 4.74 Å². The van der Waals surface area contributed by atoms with Gasteiger partial charge in [0.15, 0.2) is 0 Å². The van der Waals surface area contributed by atoms with E-state index in [-0.39, 0.29) is 5.82 Å². The van der Waals surface area contributed by atoms with Crippen molar-refractivity contribution >= 4 is 0 Å². The number of halogens is 1. The Morgan fingerprint density at radius 1 is 1.29 bits per heavy atom. The van der Waals surface area contributed by atoms with Gasteiger partial charge in [-0.1, -0.05) is 5.92 Å². The van der Waals surface area contributed by atoms with Gasteiger partial charge >= 0.3 is 0 Å². The van der Waals surface area contributed by atoms with Crippen LogP contribution in [0.4, 0.5) is 4.39 Å². The number of hydrogen-bond donors (Lipinski definition) is 0. The summed E-state index contributed by atoms with van der Waals surface area (Å²) < 4.78 is 18.8. The van der Waals surface area contributed by atoms with Crippen molar-refractivity contribution in [2.75, 3.05) is 7.11 Å². The van der Waals surface area contributed by atoms with E-state index in [1.807, 2.05) is 0 Å². The van der Waals surface area contributed by atoms with Gasteiger partial charge in [-0.3, -0.25) is 4.98 Å². The van der Waals surface area contributed by atoms with Crippen molar-refractivity contribution in [1.29, 1.82) is 0 Å². The second kappa shape index (κ2) is 4.67. The van der Waals surface area contributed by atoms with Gasteiger partial charge in [0.05, 0.1) is 7.11 Å². The van der Waals surface area contributed by atoms with Gasteiger partial charge in [-0.2, -0.15) is 0 Å². The Kier molecular flexibility index (Phi) is 3.06. The van der Waals surface area contributed by atoms with Crippen LogP contribution in [0, 0.1) is 18.2 Å². The monoisotopic (exact) mass is 227 g/mol. The topological polar surface area (TPSA) is 22.1 Å². The Morgan fingerprint density at radius 3 is 2.82 bits per heavy atom. The highest BCUT2D eigenvalue weighted by molar-refractivity contribution is 5.71.